The number of hydrogen-bond donors (Lipinski definition) is 2. The third-order valence-corrected chi connectivity index (χ3v) is 3.32. The molecule has 100 valence electrons. The predicted molar refractivity (Wildman–Crippen MR) is 74.2 cm³/mol. The van der Waals surface area contributed by atoms with Crippen LogP contribution in [0.25, 0.3) is 0 Å². The summed E-state index contributed by atoms with van der Waals surface area (Å²) in [5.74, 6) is 0. The van der Waals surface area contributed by atoms with Crippen molar-refractivity contribution in [1.29, 1.82) is 0 Å². The molecule has 0 aromatic rings. The van der Waals surface area contributed by atoms with E-state index in [-0.39, 0.29) is 2.85 Å². The maximum absolute atomic E-state index is 3.47. The standard InChI is InChI=1S/C12H28N4.2H2/c1-3-15-9-7-13-5-6-14-8-10-16(4-2)12-11-15;;/h13-14H,3-12H2,1-2H3;2*1H. The quantitative estimate of drug-likeness (QED) is 0.718. The maximum atomic E-state index is 3.47. The molecular weight excluding hydrogens is 200 g/mol. The number of nitrogens with zero attached hydrogens (tertiary/aromatic N) is 2. The topological polar surface area (TPSA) is 30.5 Å². The SMILES string of the molecule is CCN1CCNCCNCCN(CC)CC1.[HH].[HH]. The van der Waals surface area contributed by atoms with Crippen molar-refractivity contribution in [2.75, 3.05) is 65.4 Å². The molecule has 4 heteroatoms. The zero-order chi connectivity index (χ0) is 11.6. The third kappa shape index (κ3) is 5.80. The fourth-order valence-corrected chi connectivity index (χ4v) is 2.04. The van der Waals surface area contributed by atoms with E-state index in [1.54, 1.807) is 0 Å². The normalized spacial score (nSPS) is 23.6. The Bertz CT molecular complexity index is 154. The minimum Gasteiger partial charge on any atom is -0.314 e. The lowest BCUT2D eigenvalue weighted by Crippen LogP contribution is -2.43. The molecule has 1 aliphatic heterocycles. The van der Waals surface area contributed by atoms with Gasteiger partial charge in [-0.2, -0.15) is 0 Å². The number of hydrogen-bond acceptors (Lipinski definition) is 4. The Morgan fingerprint density at radius 2 is 1.19 bits per heavy atom. The second-order valence-corrected chi connectivity index (χ2v) is 4.37. The summed E-state index contributed by atoms with van der Waals surface area (Å²) in [7, 11) is 0. The number of likely N-dealkylation sites (N-methyl/N-ethyl adjacent to an activating group) is 2. The van der Waals surface area contributed by atoms with Crippen LogP contribution in [0.15, 0.2) is 0 Å². The van der Waals surface area contributed by atoms with Crippen LogP contribution in [0.3, 0.4) is 0 Å². The summed E-state index contributed by atoms with van der Waals surface area (Å²) in [5, 5.41) is 6.95. The summed E-state index contributed by atoms with van der Waals surface area (Å²) in [6.45, 7) is 16.0. The zero-order valence-electron chi connectivity index (χ0n) is 11.0. The summed E-state index contributed by atoms with van der Waals surface area (Å²) >= 11 is 0. The highest BCUT2D eigenvalue weighted by molar-refractivity contribution is 4.66. The molecule has 16 heavy (non-hydrogen) atoms. The summed E-state index contributed by atoms with van der Waals surface area (Å²) in [6, 6.07) is 0. The van der Waals surface area contributed by atoms with Crippen molar-refractivity contribution in [3.05, 3.63) is 0 Å². The van der Waals surface area contributed by atoms with E-state index in [1.165, 1.54) is 26.2 Å². The molecule has 0 saturated carbocycles. The molecular formula is C12H32N4. The smallest absolute Gasteiger partial charge is 0.0110 e. The van der Waals surface area contributed by atoms with Crippen LogP contribution < -0.4 is 10.6 Å². The lowest BCUT2D eigenvalue weighted by molar-refractivity contribution is 0.212. The Morgan fingerprint density at radius 1 is 0.750 bits per heavy atom. The van der Waals surface area contributed by atoms with Crippen molar-refractivity contribution < 1.29 is 2.85 Å². The summed E-state index contributed by atoms with van der Waals surface area (Å²) in [6.07, 6.45) is 0. The first-order chi connectivity index (χ1) is 7.86. The molecule has 0 bridgehead atoms. The number of nitrogens with one attached hydrogen (secondary N) is 2. The molecule has 0 spiro atoms. The average molecular weight is 232 g/mol. The molecule has 0 amide bonds. The molecule has 2 N–H and O–H groups in total. The highest BCUT2D eigenvalue weighted by Gasteiger charge is 2.07. The molecule has 4 nitrogen and oxygen atoms in total. The Kier molecular flexibility index (Phi) is 7.76. The van der Waals surface area contributed by atoms with Crippen LogP contribution >= 0.6 is 0 Å². The van der Waals surface area contributed by atoms with Crippen LogP contribution in [0, 0.1) is 0 Å². The van der Waals surface area contributed by atoms with E-state index < -0.39 is 0 Å². The third-order valence-electron chi connectivity index (χ3n) is 3.32. The lowest BCUT2D eigenvalue weighted by Gasteiger charge is -2.27. The van der Waals surface area contributed by atoms with Crippen LogP contribution in [0.1, 0.15) is 16.7 Å². The van der Waals surface area contributed by atoms with Crippen molar-refractivity contribution >= 4 is 0 Å². The fourth-order valence-electron chi connectivity index (χ4n) is 2.04. The van der Waals surface area contributed by atoms with E-state index in [4.69, 9.17) is 0 Å². The second-order valence-electron chi connectivity index (χ2n) is 4.37. The molecule has 1 heterocycles. The largest absolute Gasteiger partial charge is 0.314 e. The molecule has 0 atom stereocenters. The highest BCUT2D eigenvalue weighted by atomic mass is 15.2. The van der Waals surface area contributed by atoms with Gasteiger partial charge < -0.3 is 20.4 Å². The van der Waals surface area contributed by atoms with E-state index in [0.717, 1.165) is 39.3 Å². The first-order valence-corrected chi connectivity index (χ1v) is 6.73. The van der Waals surface area contributed by atoms with Gasteiger partial charge in [0.25, 0.3) is 0 Å². The first-order valence-electron chi connectivity index (χ1n) is 6.73. The molecule has 1 saturated heterocycles. The number of rotatable bonds is 2. The van der Waals surface area contributed by atoms with Gasteiger partial charge in [0, 0.05) is 55.2 Å². The average Bonchev–Trinajstić information content (AvgIpc) is 2.30. The summed E-state index contributed by atoms with van der Waals surface area (Å²) in [5.41, 5.74) is 0. The van der Waals surface area contributed by atoms with Gasteiger partial charge >= 0.3 is 0 Å². The van der Waals surface area contributed by atoms with Crippen LogP contribution in [0.2, 0.25) is 0 Å². The van der Waals surface area contributed by atoms with E-state index in [9.17, 15) is 0 Å². The van der Waals surface area contributed by atoms with Gasteiger partial charge in [-0.3, -0.25) is 0 Å². The van der Waals surface area contributed by atoms with Crippen molar-refractivity contribution in [3.63, 3.8) is 0 Å². The van der Waals surface area contributed by atoms with Crippen molar-refractivity contribution in [1.82, 2.24) is 20.4 Å². The highest BCUT2D eigenvalue weighted by Crippen LogP contribution is 1.92. The van der Waals surface area contributed by atoms with Crippen molar-refractivity contribution in [3.8, 4) is 0 Å². The van der Waals surface area contributed by atoms with E-state index in [2.05, 4.69) is 34.3 Å². The monoisotopic (exact) mass is 232 g/mol. The summed E-state index contributed by atoms with van der Waals surface area (Å²) in [4.78, 5) is 5.06. The van der Waals surface area contributed by atoms with E-state index in [0.29, 0.717) is 0 Å². The van der Waals surface area contributed by atoms with Crippen LogP contribution in [-0.2, 0) is 0 Å². The predicted octanol–water partition coefficient (Wildman–Crippen LogP) is 0.315. The van der Waals surface area contributed by atoms with Gasteiger partial charge in [0.2, 0.25) is 0 Å². The Hall–Kier alpha value is -0.160. The van der Waals surface area contributed by atoms with Gasteiger partial charge in [0.05, 0.1) is 0 Å². The van der Waals surface area contributed by atoms with Gasteiger partial charge in [-0.05, 0) is 13.1 Å². The van der Waals surface area contributed by atoms with Gasteiger partial charge in [-0.15, -0.1) is 0 Å². The molecule has 0 radical (unpaired) electrons. The maximum Gasteiger partial charge on any atom is 0.0110 e. The minimum absolute atomic E-state index is 0. The van der Waals surface area contributed by atoms with E-state index in [1.807, 2.05) is 0 Å². The van der Waals surface area contributed by atoms with Gasteiger partial charge in [0.15, 0.2) is 0 Å². The zero-order valence-corrected chi connectivity index (χ0v) is 11.0. The van der Waals surface area contributed by atoms with Gasteiger partial charge in [0.1, 0.15) is 0 Å². The molecule has 0 aromatic heterocycles. The fraction of sp³-hybridized carbons (Fsp3) is 1.00. The minimum atomic E-state index is 0. The van der Waals surface area contributed by atoms with Crippen LogP contribution in [0.4, 0.5) is 0 Å². The van der Waals surface area contributed by atoms with E-state index >= 15 is 0 Å². The Balaban J connectivity index is 0. The molecule has 0 aliphatic carbocycles. The van der Waals surface area contributed by atoms with Crippen LogP contribution in [0.5, 0.6) is 0 Å². The Morgan fingerprint density at radius 3 is 1.56 bits per heavy atom. The van der Waals surface area contributed by atoms with Gasteiger partial charge in [-0.25, -0.2) is 0 Å². The molecule has 0 aromatic carbocycles. The molecule has 1 rings (SSSR count). The molecule has 0 unspecified atom stereocenters. The van der Waals surface area contributed by atoms with Crippen molar-refractivity contribution in [2.45, 2.75) is 13.8 Å². The first kappa shape index (κ1) is 13.9. The van der Waals surface area contributed by atoms with Crippen LogP contribution in [-0.4, -0.2) is 75.2 Å². The van der Waals surface area contributed by atoms with Crippen molar-refractivity contribution in [2.24, 2.45) is 0 Å². The second kappa shape index (κ2) is 8.93. The summed E-state index contributed by atoms with van der Waals surface area (Å²) < 4.78 is 0. The Labute approximate surface area is 103 Å². The molecule has 1 aliphatic rings. The van der Waals surface area contributed by atoms with Gasteiger partial charge in [-0.1, -0.05) is 13.8 Å². The lowest BCUT2D eigenvalue weighted by atomic mass is 10.3. The molecule has 1 fully saturated rings.